The summed E-state index contributed by atoms with van der Waals surface area (Å²) in [7, 11) is 1.54. The molecule has 0 atom stereocenters. The number of carbonyl (C=O) groups is 2. The topological polar surface area (TPSA) is 55.8 Å². The quantitative estimate of drug-likeness (QED) is 0.270. The Kier molecular flexibility index (Phi) is 7.88. The van der Waals surface area contributed by atoms with E-state index in [9.17, 15) is 9.59 Å². The summed E-state index contributed by atoms with van der Waals surface area (Å²) in [6.45, 7) is 0.369. The lowest BCUT2D eigenvalue weighted by molar-refractivity contribution is -0.123. The van der Waals surface area contributed by atoms with Crippen LogP contribution in [0.2, 0.25) is 10.0 Å². The molecule has 0 radical (unpaired) electrons. The lowest BCUT2D eigenvalue weighted by Gasteiger charge is -2.15. The van der Waals surface area contributed by atoms with Gasteiger partial charge < -0.3 is 9.47 Å². The van der Waals surface area contributed by atoms with Crippen LogP contribution in [-0.2, 0) is 17.9 Å². The normalized spacial score (nSPS) is 14.7. The molecule has 0 aromatic heterocycles. The highest BCUT2D eigenvalue weighted by Gasteiger charge is 2.35. The third kappa shape index (κ3) is 5.61. The highest BCUT2D eigenvalue weighted by molar-refractivity contribution is 9.10. The van der Waals surface area contributed by atoms with E-state index in [2.05, 4.69) is 15.9 Å². The number of para-hydroxylation sites is 1. The lowest BCUT2D eigenvalue weighted by Crippen LogP contribution is -2.27. The Balaban J connectivity index is 1.59. The maximum absolute atomic E-state index is 13.0. The number of methoxy groups -OCH3 is 1. The van der Waals surface area contributed by atoms with Gasteiger partial charge in [0.15, 0.2) is 11.5 Å². The third-order valence-electron chi connectivity index (χ3n) is 5.03. The molecule has 0 aliphatic carbocycles. The first kappa shape index (κ1) is 24.7. The Morgan fingerprint density at radius 3 is 2.53 bits per heavy atom. The summed E-state index contributed by atoms with van der Waals surface area (Å²) in [4.78, 5) is 27.1. The van der Waals surface area contributed by atoms with Gasteiger partial charge >= 0.3 is 0 Å². The van der Waals surface area contributed by atoms with Crippen LogP contribution in [-0.4, -0.2) is 23.2 Å². The van der Waals surface area contributed by atoms with Gasteiger partial charge in [-0.2, -0.15) is 0 Å². The average molecular weight is 579 g/mol. The summed E-state index contributed by atoms with van der Waals surface area (Å²) >= 11 is 16.5. The van der Waals surface area contributed by atoms with E-state index in [1.807, 2.05) is 24.3 Å². The van der Waals surface area contributed by atoms with Crippen molar-refractivity contribution in [3.8, 4) is 11.5 Å². The van der Waals surface area contributed by atoms with Gasteiger partial charge in [0.1, 0.15) is 6.61 Å². The van der Waals surface area contributed by atoms with Crippen LogP contribution in [0.3, 0.4) is 0 Å². The predicted molar refractivity (Wildman–Crippen MR) is 139 cm³/mol. The van der Waals surface area contributed by atoms with Gasteiger partial charge in [0.2, 0.25) is 0 Å². The number of thioether (sulfide) groups is 1. The van der Waals surface area contributed by atoms with E-state index in [-0.39, 0.29) is 24.3 Å². The standard InChI is InChI=1S/C25H18BrCl2NO4S/c1-32-21-4-2-3-16(23(21)33-14-17-7-10-19(27)12-20(17)28)11-22-24(30)29(25(31)34-22)13-15-5-8-18(26)9-6-15/h2-12H,13-14H2,1H3/b22-11+. The van der Waals surface area contributed by atoms with Gasteiger partial charge in [0, 0.05) is 25.6 Å². The van der Waals surface area contributed by atoms with E-state index in [0.29, 0.717) is 32.0 Å². The molecule has 3 aromatic rings. The van der Waals surface area contributed by atoms with Crippen molar-refractivity contribution in [2.45, 2.75) is 13.2 Å². The Labute approximate surface area is 219 Å². The third-order valence-corrected chi connectivity index (χ3v) is 7.05. The zero-order chi connectivity index (χ0) is 24.2. The van der Waals surface area contributed by atoms with Gasteiger partial charge in [0.25, 0.3) is 11.1 Å². The Morgan fingerprint density at radius 2 is 1.82 bits per heavy atom. The molecular weight excluding hydrogens is 561 g/mol. The molecule has 5 nitrogen and oxygen atoms in total. The second-order valence-electron chi connectivity index (χ2n) is 7.30. The molecule has 1 aliphatic heterocycles. The minimum Gasteiger partial charge on any atom is -0.493 e. The average Bonchev–Trinajstić information content (AvgIpc) is 3.07. The molecule has 3 aromatic carbocycles. The van der Waals surface area contributed by atoms with Crippen molar-refractivity contribution in [3.05, 3.63) is 96.8 Å². The van der Waals surface area contributed by atoms with Crippen molar-refractivity contribution in [2.24, 2.45) is 0 Å². The minimum atomic E-state index is -0.354. The molecule has 1 saturated heterocycles. The number of imide groups is 1. The number of benzene rings is 3. The Hall–Kier alpha value is -2.45. The van der Waals surface area contributed by atoms with E-state index in [1.165, 1.54) is 12.0 Å². The van der Waals surface area contributed by atoms with E-state index in [4.69, 9.17) is 32.7 Å². The monoisotopic (exact) mass is 577 g/mol. The number of amides is 2. The van der Waals surface area contributed by atoms with Gasteiger partial charge in [-0.25, -0.2) is 0 Å². The number of ether oxygens (including phenoxy) is 2. The first-order chi connectivity index (χ1) is 16.4. The number of hydrogen-bond donors (Lipinski definition) is 0. The molecule has 0 saturated carbocycles. The second-order valence-corrected chi connectivity index (χ2v) is 10.0. The van der Waals surface area contributed by atoms with Crippen LogP contribution in [0.5, 0.6) is 11.5 Å². The van der Waals surface area contributed by atoms with Crippen molar-refractivity contribution in [2.75, 3.05) is 7.11 Å². The molecule has 1 heterocycles. The van der Waals surface area contributed by atoms with Gasteiger partial charge in [-0.1, -0.05) is 69.5 Å². The molecule has 174 valence electrons. The summed E-state index contributed by atoms with van der Waals surface area (Å²) < 4.78 is 12.4. The maximum atomic E-state index is 13.0. The van der Waals surface area contributed by atoms with Gasteiger partial charge in [0.05, 0.1) is 18.6 Å². The van der Waals surface area contributed by atoms with E-state index < -0.39 is 0 Å². The Morgan fingerprint density at radius 1 is 1.06 bits per heavy atom. The number of halogens is 3. The van der Waals surface area contributed by atoms with E-state index >= 15 is 0 Å². The molecule has 2 amide bonds. The fraction of sp³-hybridized carbons (Fsp3) is 0.120. The summed E-state index contributed by atoms with van der Waals surface area (Å²) in [6, 6.07) is 18.0. The molecule has 1 aliphatic rings. The molecule has 9 heteroatoms. The largest absolute Gasteiger partial charge is 0.493 e. The fourth-order valence-electron chi connectivity index (χ4n) is 3.30. The van der Waals surface area contributed by atoms with E-state index in [1.54, 1.807) is 42.5 Å². The van der Waals surface area contributed by atoms with Crippen molar-refractivity contribution in [1.82, 2.24) is 4.90 Å². The molecular formula is C25H18BrCl2NO4S. The Bertz CT molecular complexity index is 1280. The van der Waals surface area contributed by atoms with Gasteiger partial charge in [-0.15, -0.1) is 0 Å². The van der Waals surface area contributed by atoms with E-state index in [0.717, 1.165) is 27.4 Å². The van der Waals surface area contributed by atoms with Crippen LogP contribution in [0.15, 0.2) is 70.0 Å². The van der Waals surface area contributed by atoms with Gasteiger partial charge in [-0.05, 0) is 53.7 Å². The predicted octanol–water partition coefficient (Wildman–Crippen LogP) is 7.58. The summed E-state index contributed by atoms with van der Waals surface area (Å²) in [5.74, 6) is 0.580. The van der Waals surface area contributed by atoms with Crippen LogP contribution in [0, 0.1) is 0 Å². The van der Waals surface area contributed by atoms with Crippen molar-refractivity contribution in [1.29, 1.82) is 0 Å². The zero-order valence-corrected chi connectivity index (χ0v) is 21.8. The maximum Gasteiger partial charge on any atom is 0.293 e. The molecule has 0 unspecified atom stereocenters. The van der Waals surface area contributed by atoms with Crippen LogP contribution in [0.25, 0.3) is 6.08 Å². The molecule has 4 rings (SSSR count). The fourth-order valence-corrected chi connectivity index (χ4v) is 4.86. The number of hydrogen-bond acceptors (Lipinski definition) is 5. The summed E-state index contributed by atoms with van der Waals surface area (Å²) in [5, 5.41) is 0.695. The molecule has 0 spiro atoms. The van der Waals surface area contributed by atoms with Crippen LogP contribution < -0.4 is 9.47 Å². The van der Waals surface area contributed by atoms with Crippen molar-refractivity contribution < 1.29 is 19.1 Å². The highest BCUT2D eigenvalue weighted by atomic mass is 79.9. The van der Waals surface area contributed by atoms with Crippen LogP contribution in [0.4, 0.5) is 4.79 Å². The second kappa shape index (κ2) is 10.9. The van der Waals surface area contributed by atoms with Crippen LogP contribution >= 0.6 is 50.9 Å². The number of carbonyl (C=O) groups excluding carboxylic acids is 2. The van der Waals surface area contributed by atoms with Crippen molar-refractivity contribution in [3.63, 3.8) is 0 Å². The summed E-state index contributed by atoms with van der Waals surface area (Å²) in [6.07, 6.45) is 1.65. The highest BCUT2D eigenvalue weighted by Crippen LogP contribution is 2.38. The lowest BCUT2D eigenvalue weighted by atomic mass is 10.1. The first-order valence-corrected chi connectivity index (χ1v) is 12.5. The van der Waals surface area contributed by atoms with Gasteiger partial charge in [-0.3, -0.25) is 14.5 Å². The number of nitrogens with zero attached hydrogens (tertiary/aromatic N) is 1. The summed E-state index contributed by atoms with van der Waals surface area (Å²) in [5.41, 5.74) is 2.22. The molecule has 34 heavy (non-hydrogen) atoms. The molecule has 1 fully saturated rings. The van der Waals surface area contributed by atoms with Crippen molar-refractivity contribution >= 4 is 68.1 Å². The number of rotatable bonds is 7. The smallest absolute Gasteiger partial charge is 0.293 e. The molecule has 0 bridgehead atoms. The first-order valence-electron chi connectivity index (χ1n) is 10.1. The molecule has 0 N–H and O–H groups in total. The SMILES string of the molecule is COc1cccc(/C=C2/SC(=O)N(Cc3ccc(Br)cc3)C2=O)c1OCc1ccc(Cl)cc1Cl. The zero-order valence-electron chi connectivity index (χ0n) is 17.9. The minimum absolute atomic E-state index is 0.169. The van der Waals surface area contributed by atoms with Crippen LogP contribution in [0.1, 0.15) is 16.7 Å².